The normalized spacial score (nSPS) is 23.0. The molecule has 12 nitrogen and oxygen atoms in total. The fourth-order valence-electron chi connectivity index (χ4n) is 5.85. The van der Waals surface area contributed by atoms with Crippen LogP contribution in [0.15, 0.2) is 73.3 Å². The van der Waals surface area contributed by atoms with E-state index >= 15 is 0 Å². The second-order valence-corrected chi connectivity index (χ2v) is 10.5. The third-order valence-electron chi connectivity index (χ3n) is 7.79. The molecular weight excluding hydrogens is 550 g/mol. The first kappa shape index (κ1) is 28.5. The molecule has 1 aliphatic carbocycles. The molecule has 0 spiro atoms. The number of nitrogens with zero attached hydrogens (tertiary/aromatic N) is 4. The fraction of sp³-hybridized carbons (Fsp3) is 0.323. The van der Waals surface area contributed by atoms with E-state index in [0.717, 1.165) is 11.1 Å². The molecule has 2 amide bonds. The summed E-state index contributed by atoms with van der Waals surface area (Å²) in [7, 11) is 0. The minimum atomic E-state index is -0.950. The number of urea groups is 1. The number of aromatic nitrogens is 4. The highest BCUT2D eigenvalue weighted by Crippen LogP contribution is 2.45. The van der Waals surface area contributed by atoms with Crippen molar-refractivity contribution in [3.63, 3.8) is 0 Å². The summed E-state index contributed by atoms with van der Waals surface area (Å²) in [4.78, 5) is 37.1. The first-order valence-corrected chi connectivity index (χ1v) is 14.3. The molecule has 43 heavy (non-hydrogen) atoms. The minimum Gasteiger partial charge on any atom is -0.478 e. The molecule has 222 valence electrons. The predicted molar refractivity (Wildman–Crippen MR) is 159 cm³/mol. The summed E-state index contributed by atoms with van der Waals surface area (Å²) >= 11 is 0. The number of rotatable bonds is 10. The topological polar surface area (TPSA) is 153 Å². The van der Waals surface area contributed by atoms with Crippen molar-refractivity contribution in [2.45, 2.75) is 44.4 Å². The summed E-state index contributed by atoms with van der Waals surface area (Å²) < 4.78 is 14.9. The molecule has 4 aromatic rings. The maximum absolute atomic E-state index is 12.2. The maximum Gasteiger partial charge on any atom is 0.336 e. The van der Waals surface area contributed by atoms with Gasteiger partial charge in [0.2, 0.25) is 0 Å². The minimum absolute atomic E-state index is 0.0642. The van der Waals surface area contributed by atoms with Crippen LogP contribution in [0.3, 0.4) is 0 Å². The second-order valence-electron chi connectivity index (χ2n) is 10.5. The molecule has 4 unspecified atom stereocenters. The van der Waals surface area contributed by atoms with Crippen LogP contribution in [0.2, 0.25) is 0 Å². The van der Waals surface area contributed by atoms with Crippen molar-refractivity contribution in [2.24, 2.45) is 5.92 Å². The van der Waals surface area contributed by atoms with E-state index in [1.54, 1.807) is 18.5 Å². The Balaban J connectivity index is 1.24. The van der Waals surface area contributed by atoms with Gasteiger partial charge in [-0.25, -0.2) is 24.5 Å². The van der Waals surface area contributed by atoms with Gasteiger partial charge in [-0.3, -0.25) is 5.32 Å². The molecule has 6 rings (SSSR count). The van der Waals surface area contributed by atoms with Gasteiger partial charge in [-0.15, -0.1) is 0 Å². The Hall–Kier alpha value is -4.65. The van der Waals surface area contributed by atoms with Crippen molar-refractivity contribution in [1.82, 2.24) is 30.2 Å². The molecule has 0 radical (unpaired) electrons. The molecule has 2 aromatic heterocycles. The van der Waals surface area contributed by atoms with Gasteiger partial charge in [0.25, 0.3) is 0 Å². The smallest absolute Gasteiger partial charge is 0.336 e. The lowest BCUT2D eigenvalue weighted by atomic mass is 10.0. The van der Waals surface area contributed by atoms with Crippen LogP contribution in [-0.4, -0.2) is 68.2 Å². The molecule has 1 saturated heterocycles. The number of imidazole rings is 1. The van der Waals surface area contributed by atoms with E-state index in [1.165, 1.54) is 6.33 Å². The summed E-state index contributed by atoms with van der Waals surface area (Å²) in [5.74, 6) is -0.560. The van der Waals surface area contributed by atoms with E-state index in [4.69, 9.17) is 9.47 Å². The Morgan fingerprint density at radius 2 is 1.84 bits per heavy atom. The van der Waals surface area contributed by atoms with Crippen molar-refractivity contribution in [1.29, 1.82) is 0 Å². The number of carbonyl (C=O) groups is 2. The molecule has 3 heterocycles. The summed E-state index contributed by atoms with van der Waals surface area (Å²) in [6.45, 7) is 3.32. The largest absolute Gasteiger partial charge is 0.478 e. The SMILES string of the molecule is CCNC(=O)Nc1ncnc2c1ncn2C1CC(CNCc2ccccc2C(=O)O)C2O[C@H](C=Cc3ccccc3)OC21. The lowest BCUT2D eigenvalue weighted by Gasteiger charge is -2.20. The van der Waals surface area contributed by atoms with E-state index < -0.39 is 12.3 Å². The zero-order valence-corrected chi connectivity index (χ0v) is 23.6. The summed E-state index contributed by atoms with van der Waals surface area (Å²) in [5.41, 5.74) is 3.12. The zero-order valence-electron chi connectivity index (χ0n) is 23.6. The van der Waals surface area contributed by atoms with Crippen molar-refractivity contribution < 1.29 is 24.2 Å². The van der Waals surface area contributed by atoms with E-state index in [0.29, 0.717) is 43.0 Å². The third-order valence-corrected chi connectivity index (χ3v) is 7.79. The molecule has 1 saturated carbocycles. The standard InChI is InChI=1S/C31H33N7O5/c1-2-33-31(41)37-28-25-29(35-17-34-28)38(18-36-25)23-14-21(16-32-15-20-10-6-7-11-22(20)30(39)40)26-27(23)43-24(42-26)13-12-19-8-4-3-5-9-19/h3-13,17-18,21,23-24,26-27,32H,2,14-16H2,1H3,(H,39,40)(H2,33,34,35,37,41)/t21?,23?,24-,26?,27?/m0/s1. The van der Waals surface area contributed by atoms with Crippen molar-refractivity contribution in [2.75, 3.05) is 18.4 Å². The number of carbonyl (C=O) groups excluding carboxylic acids is 1. The number of benzene rings is 2. The van der Waals surface area contributed by atoms with E-state index in [2.05, 4.69) is 30.9 Å². The van der Waals surface area contributed by atoms with Gasteiger partial charge in [0.1, 0.15) is 12.4 Å². The van der Waals surface area contributed by atoms with Crippen molar-refractivity contribution >= 4 is 35.1 Å². The summed E-state index contributed by atoms with van der Waals surface area (Å²) in [5, 5.41) is 18.5. The van der Waals surface area contributed by atoms with Crippen LogP contribution in [0.5, 0.6) is 0 Å². The van der Waals surface area contributed by atoms with Crippen molar-refractivity contribution in [3.8, 4) is 0 Å². The van der Waals surface area contributed by atoms with Gasteiger partial charge in [0.15, 0.2) is 23.3 Å². The predicted octanol–water partition coefficient (Wildman–Crippen LogP) is 3.84. The number of hydrogen-bond donors (Lipinski definition) is 4. The van der Waals surface area contributed by atoms with Gasteiger partial charge in [-0.2, -0.15) is 0 Å². The highest BCUT2D eigenvalue weighted by atomic mass is 16.7. The van der Waals surface area contributed by atoms with Gasteiger partial charge >= 0.3 is 12.0 Å². The van der Waals surface area contributed by atoms with Crippen LogP contribution in [0.4, 0.5) is 10.6 Å². The number of carboxylic acids is 1. The van der Waals surface area contributed by atoms with Crippen LogP contribution >= 0.6 is 0 Å². The number of hydrogen-bond acceptors (Lipinski definition) is 8. The summed E-state index contributed by atoms with van der Waals surface area (Å²) in [6.07, 6.45) is 6.70. The van der Waals surface area contributed by atoms with Gasteiger partial charge in [-0.05, 0) is 36.6 Å². The summed E-state index contributed by atoms with van der Waals surface area (Å²) in [6, 6.07) is 16.4. The Morgan fingerprint density at radius 3 is 2.65 bits per heavy atom. The van der Waals surface area contributed by atoms with Gasteiger partial charge in [-0.1, -0.05) is 54.6 Å². The molecule has 12 heteroatoms. The highest BCUT2D eigenvalue weighted by molar-refractivity contribution is 5.95. The first-order chi connectivity index (χ1) is 21.0. The Morgan fingerprint density at radius 1 is 1.05 bits per heavy atom. The molecule has 1 aliphatic heterocycles. The molecule has 0 bridgehead atoms. The average molecular weight is 584 g/mol. The van der Waals surface area contributed by atoms with Crippen LogP contribution in [0, 0.1) is 5.92 Å². The monoisotopic (exact) mass is 583 g/mol. The number of ether oxygens (including phenoxy) is 2. The van der Waals surface area contributed by atoms with Gasteiger partial charge in [0, 0.05) is 25.6 Å². The molecular formula is C31H33N7O5. The average Bonchev–Trinajstić information content (AvgIpc) is 3.72. The Kier molecular flexibility index (Phi) is 8.40. The number of fused-ring (bicyclic) bond motifs is 2. The van der Waals surface area contributed by atoms with Crippen LogP contribution in [-0.2, 0) is 16.0 Å². The number of carboxylic acid groups (broad SMARTS) is 1. The molecule has 4 N–H and O–H groups in total. The first-order valence-electron chi connectivity index (χ1n) is 14.3. The molecule has 2 aliphatic rings. The fourth-order valence-corrected chi connectivity index (χ4v) is 5.85. The quantitative estimate of drug-likeness (QED) is 0.218. The van der Waals surface area contributed by atoms with E-state index in [-0.39, 0.29) is 35.8 Å². The van der Waals surface area contributed by atoms with Crippen LogP contribution < -0.4 is 16.0 Å². The van der Waals surface area contributed by atoms with Crippen molar-refractivity contribution in [3.05, 3.63) is 90.0 Å². The second kappa shape index (κ2) is 12.7. The number of nitrogens with one attached hydrogen (secondary N) is 3. The maximum atomic E-state index is 12.2. The lowest BCUT2D eigenvalue weighted by molar-refractivity contribution is -0.0499. The molecule has 2 fully saturated rings. The number of anilines is 1. The number of amides is 2. The lowest BCUT2D eigenvalue weighted by Crippen LogP contribution is -2.32. The van der Waals surface area contributed by atoms with Crippen LogP contribution in [0.1, 0.15) is 40.9 Å². The highest BCUT2D eigenvalue weighted by Gasteiger charge is 2.51. The Bertz CT molecular complexity index is 1630. The molecule has 2 aromatic carbocycles. The van der Waals surface area contributed by atoms with Crippen LogP contribution in [0.25, 0.3) is 17.2 Å². The number of aromatic carboxylic acids is 1. The van der Waals surface area contributed by atoms with E-state index in [1.807, 2.05) is 66.1 Å². The Labute approximate surface area is 248 Å². The zero-order chi connectivity index (χ0) is 29.8. The third kappa shape index (κ3) is 6.12. The van der Waals surface area contributed by atoms with Gasteiger partial charge < -0.3 is 29.8 Å². The van der Waals surface area contributed by atoms with Gasteiger partial charge in [0.05, 0.1) is 24.0 Å². The van der Waals surface area contributed by atoms with E-state index in [9.17, 15) is 14.7 Å². The molecule has 5 atom stereocenters.